The number of rotatable bonds is 17. The maximum absolute atomic E-state index is 14.4. The highest BCUT2D eigenvalue weighted by Crippen LogP contribution is 2.62. The van der Waals surface area contributed by atoms with Gasteiger partial charge in [0.2, 0.25) is 10.9 Å². The van der Waals surface area contributed by atoms with Gasteiger partial charge in [-0.2, -0.15) is 0 Å². The number of aromatic nitrogens is 2. The average molecular weight is 1220 g/mol. The number of nitrogens with one attached hydrogen (secondary N) is 1. The highest BCUT2D eigenvalue weighted by atomic mass is 35.5. The Bertz CT molecular complexity index is 3980. The number of amides is 2. The standard InChI is InChI=1S/C37H37N3O3.C21H27N3O3.C16H12Cl2/c1-3-4-22-43-35-33(41)19-21-39-34(35)36(42)38(20-18-26(2)27-12-6-5-7-13-27)25-40(39)37-30(23-28-14-8-10-16-31(28)37)24-29-15-9-11-17-32(29)37;1-3-4-14-27-20-18(25)11-13-24-19(20)21(26)23(15-22-24)12-10-16(2)17-8-6-5-7-9-17;17-15-9-11-5-1-3-7-13(11)16(15,18)14-8-4-2-6-12(14)10-15/h5-17,19,21,23,26H,3-4,18,20,22,24-25H2,1-2H3;5-9,11,13,16,22H,3-4,10,12,14-15H2,1-2H3;1-8H,9-10H2. The summed E-state index contributed by atoms with van der Waals surface area (Å²) in [6.07, 6.45) is 13.4. The van der Waals surface area contributed by atoms with Crippen LogP contribution < -0.4 is 30.8 Å². The zero-order chi connectivity index (χ0) is 61.2. The molecule has 3 unspecified atom stereocenters. The number of benzene rings is 6. The number of halogens is 2. The normalized spacial score (nSPS) is 20.2. The third-order valence-electron chi connectivity index (χ3n) is 18.6. The Morgan fingerprint density at radius 2 is 1.03 bits per heavy atom. The molecule has 3 atom stereocenters. The van der Waals surface area contributed by atoms with E-state index in [0.29, 0.717) is 51.3 Å². The van der Waals surface area contributed by atoms with Crippen LogP contribution in [0.1, 0.15) is 155 Å². The van der Waals surface area contributed by atoms with Gasteiger partial charge in [-0.3, -0.25) is 33.5 Å². The molecule has 0 radical (unpaired) electrons. The van der Waals surface area contributed by atoms with Crippen LogP contribution in [0.2, 0.25) is 0 Å². The van der Waals surface area contributed by atoms with Crippen molar-refractivity contribution >= 4 is 41.1 Å². The fraction of sp³-hybridized carbons (Fsp3) is 0.324. The van der Waals surface area contributed by atoms with E-state index in [1.165, 1.54) is 67.3 Å². The monoisotopic (exact) mass is 1210 g/mol. The molecular weight excluding hydrogens is 1140 g/mol. The summed E-state index contributed by atoms with van der Waals surface area (Å²) in [4.78, 5) is 55.6. The van der Waals surface area contributed by atoms with E-state index in [2.05, 4.69) is 166 Å². The number of carbonyl (C=O) groups excluding carboxylic acids is 2. The quantitative estimate of drug-likeness (QED) is 0.0707. The summed E-state index contributed by atoms with van der Waals surface area (Å²) >= 11 is 13.9. The summed E-state index contributed by atoms with van der Waals surface area (Å²) in [5.41, 5.74) is 16.3. The lowest BCUT2D eigenvalue weighted by Crippen LogP contribution is -2.62. The van der Waals surface area contributed by atoms with Crippen LogP contribution in [-0.2, 0) is 29.7 Å². The van der Waals surface area contributed by atoms with Gasteiger partial charge < -0.3 is 24.7 Å². The first-order valence-electron chi connectivity index (χ1n) is 31.2. The van der Waals surface area contributed by atoms with Gasteiger partial charge in [-0.1, -0.05) is 204 Å². The van der Waals surface area contributed by atoms with E-state index >= 15 is 0 Å². The van der Waals surface area contributed by atoms with Gasteiger partial charge in [0.05, 0.1) is 18.1 Å². The molecule has 0 spiro atoms. The van der Waals surface area contributed by atoms with E-state index in [-0.39, 0.29) is 45.8 Å². The van der Waals surface area contributed by atoms with Gasteiger partial charge in [0.15, 0.2) is 22.9 Å². The largest absolute Gasteiger partial charge is 0.487 e. The number of ether oxygens (including phenoxy) is 2. The van der Waals surface area contributed by atoms with Gasteiger partial charge in [0.25, 0.3) is 11.8 Å². The first kappa shape index (κ1) is 60.0. The van der Waals surface area contributed by atoms with Crippen LogP contribution >= 0.6 is 23.2 Å². The summed E-state index contributed by atoms with van der Waals surface area (Å²) in [7, 11) is 0. The van der Waals surface area contributed by atoms with Crippen LogP contribution in [0, 0.1) is 0 Å². The molecule has 2 amide bonds. The van der Waals surface area contributed by atoms with Crippen molar-refractivity contribution < 1.29 is 19.1 Å². The molecule has 14 heteroatoms. The molecule has 0 saturated heterocycles. The third kappa shape index (κ3) is 10.8. The van der Waals surface area contributed by atoms with Gasteiger partial charge in [0, 0.05) is 37.6 Å². The van der Waals surface area contributed by atoms with Gasteiger partial charge >= 0.3 is 0 Å². The Balaban J connectivity index is 0.000000142. The number of hydrogen-bond donors (Lipinski definition) is 1. The van der Waals surface area contributed by atoms with E-state index in [1.54, 1.807) is 28.0 Å². The minimum Gasteiger partial charge on any atom is -0.487 e. The number of hydrogen-bond acceptors (Lipinski definition) is 8. The maximum atomic E-state index is 14.4. The van der Waals surface area contributed by atoms with E-state index < -0.39 is 15.3 Å². The summed E-state index contributed by atoms with van der Waals surface area (Å²) in [5.74, 6) is 0.573. The van der Waals surface area contributed by atoms with Crippen LogP contribution in [0.25, 0.3) is 6.08 Å². The fourth-order valence-electron chi connectivity index (χ4n) is 13.9. The van der Waals surface area contributed by atoms with E-state index in [4.69, 9.17) is 32.7 Å². The molecule has 4 heterocycles. The van der Waals surface area contributed by atoms with Crippen molar-refractivity contribution in [1.29, 1.82) is 0 Å². The molecule has 6 aliphatic rings. The van der Waals surface area contributed by atoms with E-state index in [9.17, 15) is 19.2 Å². The van der Waals surface area contributed by atoms with Crippen LogP contribution in [0.4, 0.5) is 0 Å². The molecule has 2 aromatic heterocycles. The number of fused-ring (bicyclic) bond motifs is 12. The first-order valence-corrected chi connectivity index (χ1v) is 32.0. The molecular formula is C74H76Cl2N6O6. The van der Waals surface area contributed by atoms with Gasteiger partial charge in [0.1, 0.15) is 23.8 Å². The van der Waals surface area contributed by atoms with E-state index in [0.717, 1.165) is 57.8 Å². The Hall–Kier alpha value is -8.32. The predicted molar refractivity (Wildman–Crippen MR) is 351 cm³/mol. The van der Waals surface area contributed by atoms with Crippen LogP contribution in [0.3, 0.4) is 0 Å². The molecule has 0 saturated carbocycles. The fourth-order valence-corrected chi connectivity index (χ4v) is 14.9. The Morgan fingerprint density at radius 3 is 1.62 bits per heavy atom. The molecule has 12 nitrogen and oxygen atoms in total. The van der Waals surface area contributed by atoms with Gasteiger partial charge in [-0.05, 0) is 118 Å². The molecule has 6 aromatic carbocycles. The molecule has 0 fully saturated rings. The van der Waals surface area contributed by atoms with Crippen LogP contribution in [0.5, 0.6) is 11.5 Å². The Morgan fingerprint density at radius 1 is 0.545 bits per heavy atom. The molecule has 452 valence electrons. The number of nitrogens with zero attached hydrogens (tertiary/aromatic N) is 5. The number of pyridine rings is 2. The maximum Gasteiger partial charge on any atom is 0.277 e. The van der Waals surface area contributed by atoms with Crippen molar-refractivity contribution in [3.05, 3.63) is 275 Å². The van der Waals surface area contributed by atoms with Gasteiger partial charge in [-0.25, -0.2) is 0 Å². The molecule has 1 N–H and O–H groups in total. The zero-order valence-corrected chi connectivity index (χ0v) is 52.1. The SMILES string of the molecule is CCCCOc1c2n(ccc1=O)N(C13C(=Cc4ccccc41)Cc1ccccc13)CN(CCC(C)c1ccccc1)C2=O.CCCCOc1c2n(ccc1=O)NCN(CCC(C)c1ccccc1)C2=O.ClC12Cc3ccccc3C1(Cl)c1ccccc1C2. The van der Waals surface area contributed by atoms with Crippen molar-refractivity contribution in [3.63, 3.8) is 0 Å². The lowest BCUT2D eigenvalue weighted by molar-refractivity contribution is 0.0659. The van der Waals surface area contributed by atoms with Crippen molar-refractivity contribution in [2.45, 2.75) is 113 Å². The van der Waals surface area contributed by atoms with Gasteiger partial charge in [-0.15, -0.1) is 23.2 Å². The molecule has 0 bridgehead atoms. The van der Waals surface area contributed by atoms with Crippen molar-refractivity contribution in [2.75, 3.05) is 50.1 Å². The molecule has 2 aliphatic heterocycles. The second kappa shape index (κ2) is 25.4. The Labute approximate surface area is 525 Å². The lowest BCUT2D eigenvalue weighted by Gasteiger charge is -2.50. The average Bonchev–Trinajstić information content (AvgIpc) is 1.52. The highest BCUT2D eigenvalue weighted by Gasteiger charge is 2.61. The van der Waals surface area contributed by atoms with E-state index in [1.807, 2.05) is 46.0 Å². The zero-order valence-electron chi connectivity index (χ0n) is 50.6. The molecule has 4 aliphatic carbocycles. The molecule has 14 rings (SSSR count). The second-order valence-corrected chi connectivity index (χ2v) is 25.4. The molecule has 8 aromatic rings. The van der Waals surface area contributed by atoms with Crippen molar-refractivity contribution in [1.82, 2.24) is 19.2 Å². The van der Waals surface area contributed by atoms with Crippen LogP contribution in [0.15, 0.2) is 197 Å². The summed E-state index contributed by atoms with van der Waals surface area (Å²) in [5, 5.41) is 2.30. The number of unbranched alkanes of at least 4 members (excludes halogenated alkanes) is 2. The van der Waals surface area contributed by atoms with Crippen molar-refractivity contribution in [2.24, 2.45) is 0 Å². The minimum atomic E-state index is -0.609. The number of alkyl halides is 2. The van der Waals surface area contributed by atoms with Crippen LogP contribution in [-0.4, -0.2) is 75.5 Å². The summed E-state index contributed by atoms with van der Waals surface area (Å²) in [6, 6.07) is 57.6. The summed E-state index contributed by atoms with van der Waals surface area (Å²) < 4.78 is 15.3. The van der Waals surface area contributed by atoms with Crippen molar-refractivity contribution in [3.8, 4) is 11.5 Å². The topological polar surface area (TPSA) is 118 Å². The first-order chi connectivity index (χ1) is 42.8. The smallest absolute Gasteiger partial charge is 0.277 e. The highest BCUT2D eigenvalue weighted by molar-refractivity contribution is 6.38. The predicted octanol–water partition coefficient (Wildman–Crippen LogP) is 13.9. The number of carbonyl (C=O) groups is 2. The summed E-state index contributed by atoms with van der Waals surface area (Å²) in [6.45, 7) is 11.3. The third-order valence-corrected chi connectivity index (χ3v) is 20.0. The molecule has 88 heavy (non-hydrogen) atoms. The Kier molecular flexibility index (Phi) is 17.3. The minimum absolute atomic E-state index is 0.143. The lowest BCUT2D eigenvalue weighted by atomic mass is 9.83. The second-order valence-electron chi connectivity index (χ2n) is 24.1.